The van der Waals surface area contributed by atoms with Crippen LogP contribution < -0.4 is 0 Å². The molecule has 3 fully saturated rings. The van der Waals surface area contributed by atoms with Gasteiger partial charge >= 0.3 is 0 Å². The second-order valence-electron chi connectivity index (χ2n) is 8.55. The van der Waals surface area contributed by atoms with Crippen molar-refractivity contribution >= 4 is 11.6 Å². The van der Waals surface area contributed by atoms with Crippen molar-refractivity contribution in [3.8, 4) is 0 Å². The summed E-state index contributed by atoms with van der Waals surface area (Å²) in [7, 11) is 0. The Bertz CT molecular complexity index is 613. The van der Waals surface area contributed by atoms with Crippen molar-refractivity contribution in [1.29, 1.82) is 0 Å². The zero-order valence-electron chi connectivity index (χ0n) is 13.9. The first-order chi connectivity index (χ1) is 10.4. The van der Waals surface area contributed by atoms with Gasteiger partial charge in [-0.25, -0.2) is 0 Å². The highest BCUT2D eigenvalue weighted by Gasteiger charge is 2.59. The van der Waals surface area contributed by atoms with Crippen LogP contribution in [0.3, 0.4) is 0 Å². The third-order valence-electron chi connectivity index (χ3n) is 7.59. The molecule has 6 atom stereocenters. The van der Waals surface area contributed by atoms with E-state index in [2.05, 4.69) is 26.8 Å². The minimum atomic E-state index is -0.0628. The van der Waals surface area contributed by atoms with E-state index in [0.29, 0.717) is 29.5 Å². The van der Waals surface area contributed by atoms with Crippen LogP contribution in [0, 0.1) is 34.5 Å². The minimum absolute atomic E-state index is 0.0310. The van der Waals surface area contributed by atoms with E-state index in [9.17, 15) is 9.59 Å². The second-order valence-corrected chi connectivity index (χ2v) is 8.55. The fourth-order valence-corrected chi connectivity index (χ4v) is 6.39. The normalized spacial score (nSPS) is 50.2. The van der Waals surface area contributed by atoms with Gasteiger partial charge in [-0.15, -0.1) is 0 Å². The molecule has 0 aliphatic heterocycles. The second kappa shape index (κ2) is 4.43. The van der Waals surface area contributed by atoms with Gasteiger partial charge in [0.1, 0.15) is 5.78 Å². The standard InChI is InChI=1S/C20H26O2/c1-12-10-14-15-4-5-18(22)20(15,3)9-7-16(14)19(2)8-6-13(21)11-17(12)19/h6,8,11-12,14-16H,4-5,7,9-10H2,1-3H3/t12-,14?,15?,16?,19?,20?/m0/s1. The lowest BCUT2D eigenvalue weighted by Crippen LogP contribution is -2.51. The van der Waals surface area contributed by atoms with Gasteiger partial charge in [0.15, 0.2) is 5.78 Å². The van der Waals surface area contributed by atoms with Crippen molar-refractivity contribution in [3.63, 3.8) is 0 Å². The van der Waals surface area contributed by atoms with Gasteiger partial charge in [-0.3, -0.25) is 9.59 Å². The summed E-state index contributed by atoms with van der Waals surface area (Å²) in [6.45, 7) is 6.83. The molecule has 4 aliphatic carbocycles. The summed E-state index contributed by atoms with van der Waals surface area (Å²) in [5.41, 5.74) is 1.31. The molecule has 0 aromatic heterocycles. The van der Waals surface area contributed by atoms with E-state index in [1.807, 2.05) is 6.08 Å². The molecule has 3 saturated carbocycles. The van der Waals surface area contributed by atoms with Gasteiger partial charge in [0.2, 0.25) is 0 Å². The summed E-state index contributed by atoms with van der Waals surface area (Å²) in [6.07, 6.45) is 11.0. The third-order valence-corrected chi connectivity index (χ3v) is 7.59. The molecule has 0 N–H and O–H groups in total. The van der Waals surface area contributed by atoms with Crippen LogP contribution in [0.1, 0.15) is 52.9 Å². The highest BCUT2D eigenvalue weighted by atomic mass is 16.1. The summed E-state index contributed by atoms with van der Waals surface area (Å²) in [6, 6.07) is 0. The Balaban J connectivity index is 1.76. The molecule has 4 aliphatic rings. The first-order valence-electron chi connectivity index (χ1n) is 8.85. The van der Waals surface area contributed by atoms with Crippen LogP contribution in [0.4, 0.5) is 0 Å². The molecule has 0 spiro atoms. The molecule has 22 heavy (non-hydrogen) atoms. The number of carbonyl (C=O) groups excluding carboxylic acids is 2. The van der Waals surface area contributed by atoms with Gasteiger partial charge in [-0.2, -0.15) is 0 Å². The molecule has 4 rings (SSSR count). The van der Waals surface area contributed by atoms with Crippen molar-refractivity contribution < 1.29 is 9.59 Å². The molecule has 118 valence electrons. The van der Waals surface area contributed by atoms with Crippen molar-refractivity contribution in [1.82, 2.24) is 0 Å². The van der Waals surface area contributed by atoms with Crippen LogP contribution >= 0.6 is 0 Å². The van der Waals surface area contributed by atoms with Crippen LogP contribution in [0.5, 0.6) is 0 Å². The smallest absolute Gasteiger partial charge is 0.178 e. The largest absolute Gasteiger partial charge is 0.299 e. The van der Waals surface area contributed by atoms with Crippen LogP contribution in [-0.4, -0.2) is 11.6 Å². The Kier molecular flexibility index (Phi) is 2.90. The van der Waals surface area contributed by atoms with Gasteiger partial charge in [0.25, 0.3) is 0 Å². The van der Waals surface area contributed by atoms with E-state index in [0.717, 1.165) is 32.1 Å². The maximum atomic E-state index is 12.4. The predicted octanol–water partition coefficient (Wildman–Crippen LogP) is 4.11. The molecule has 0 radical (unpaired) electrons. The molecular weight excluding hydrogens is 272 g/mol. The Labute approximate surface area is 133 Å². The maximum absolute atomic E-state index is 12.4. The van der Waals surface area contributed by atoms with Crippen LogP contribution in [0.25, 0.3) is 0 Å². The number of rotatable bonds is 0. The fraction of sp³-hybridized carbons (Fsp3) is 0.700. The molecule has 2 heteroatoms. The lowest BCUT2D eigenvalue weighted by molar-refractivity contribution is -0.132. The van der Waals surface area contributed by atoms with E-state index in [1.165, 1.54) is 5.57 Å². The molecular formula is C20H26O2. The summed E-state index contributed by atoms with van der Waals surface area (Å²) in [5, 5.41) is 0. The number of Topliss-reactive ketones (excluding diaryl/α,β-unsaturated/α-hetero) is 1. The molecule has 0 heterocycles. The fourth-order valence-electron chi connectivity index (χ4n) is 6.39. The number of hydrogen-bond acceptors (Lipinski definition) is 2. The van der Waals surface area contributed by atoms with E-state index in [4.69, 9.17) is 0 Å². The first-order valence-corrected chi connectivity index (χ1v) is 8.85. The first kappa shape index (κ1) is 14.4. The van der Waals surface area contributed by atoms with E-state index < -0.39 is 0 Å². The zero-order chi connectivity index (χ0) is 15.7. The Morgan fingerprint density at radius 3 is 2.68 bits per heavy atom. The van der Waals surface area contributed by atoms with Gasteiger partial charge in [-0.05, 0) is 61.5 Å². The maximum Gasteiger partial charge on any atom is 0.178 e. The monoisotopic (exact) mass is 298 g/mol. The quantitative estimate of drug-likeness (QED) is 0.674. The lowest BCUT2D eigenvalue weighted by Gasteiger charge is -2.57. The lowest BCUT2D eigenvalue weighted by atomic mass is 9.47. The van der Waals surface area contributed by atoms with Crippen molar-refractivity contribution in [3.05, 3.63) is 23.8 Å². The van der Waals surface area contributed by atoms with Gasteiger partial charge in [0, 0.05) is 17.3 Å². The third kappa shape index (κ3) is 1.67. The minimum Gasteiger partial charge on any atom is -0.299 e. The summed E-state index contributed by atoms with van der Waals surface area (Å²) >= 11 is 0. The molecule has 0 aromatic carbocycles. The topological polar surface area (TPSA) is 34.1 Å². The highest BCUT2D eigenvalue weighted by molar-refractivity contribution is 6.01. The van der Waals surface area contributed by atoms with Crippen LogP contribution in [-0.2, 0) is 9.59 Å². The van der Waals surface area contributed by atoms with Crippen molar-refractivity contribution in [2.45, 2.75) is 52.9 Å². The average molecular weight is 298 g/mol. The van der Waals surface area contributed by atoms with E-state index in [-0.39, 0.29) is 16.6 Å². The molecule has 2 nitrogen and oxygen atoms in total. The van der Waals surface area contributed by atoms with Crippen LogP contribution in [0.2, 0.25) is 0 Å². The van der Waals surface area contributed by atoms with Gasteiger partial charge < -0.3 is 0 Å². The predicted molar refractivity (Wildman–Crippen MR) is 86.2 cm³/mol. The summed E-state index contributed by atoms with van der Waals surface area (Å²) in [5.74, 6) is 2.91. The van der Waals surface area contributed by atoms with Crippen molar-refractivity contribution in [2.75, 3.05) is 0 Å². The number of carbonyl (C=O) groups is 2. The molecule has 0 aromatic rings. The van der Waals surface area contributed by atoms with Gasteiger partial charge in [0.05, 0.1) is 0 Å². The number of hydrogen-bond donors (Lipinski definition) is 0. The zero-order valence-corrected chi connectivity index (χ0v) is 13.9. The Hall–Kier alpha value is -1.18. The Morgan fingerprint density at radius 1 is 1.14 bits per heavy atom. The number of ketones is 2. The summed E-state index contributed by atoms with van der Waals surface area (Å²) in [4.78, 5) is 24.3. The van der Waals surface area contributed by atoms with Gasteiger partial charge in [-0.1, -0.05) is 32.4 Å². The van der Waals surface area contributed by atoms with E-state index in [1.54, 1.807) is 6.08 Å². The van der Waals surface area contributed by atoms with Crippen LogP contribution in [0.15, 0.2) is 23.8 Å². The molecule has 0 saturated heterocycles. The number of fused-ring (bicyclic) bond motifs is 5. The number of allylic oxidation sites excluding steroid dienone is 4. The summed E-state index contributed by atoms with van der Waals surface area (Å²) < 4.78 is 0. The highest BCUT2D eigenvalue weighted by Crippen LogP contribution is 2.64. The average Bonchev–Trinajstić information content (AvgIpc) is 2.77. The molecule has 0 amide bonds. The molecule has 5 unspecified atom stereocenters. The SMILES string of the molecule is C[C@H]1CC2C(CCC3(C)C(=O)CCC23)C2(C)C=CC(=O)C=C12. The van der Waals surface area contributed by atoms with Crippen molar-refractivity contribution in [2.24, 2.45) is 34.5 Å². The van der Waals surface area contributed by atoms with E-state index >= 15 is 0 Å². The Morgan fingerprint density at radius 2 is 1.91 bits per heavy atom. The molecule has 0 bridgehead atoms.